The average molecular weight is 267 g/mol. The topological polar surface area (TPSA) is 50.1 Å². The fraction of sp³-hybridized carbons (Fsp3) is 0.800. The number of nitrogens with one attached hydrogen (secondary N) is 1. The summed E-state index contributed by atoms with van der Waals surface area (Å²) >= 11 is 0. The van der Waals surface area contributed by atoms with E-state index in [1.54, 1.807) is 0 Å². The number of hydrogen-bond acceptors (Lipinski definition) is 3. The first kappa shape index (κ1) is 16.2. The third-order valence-electron chi connectivity index (χ3n) is 3.70. The molecule has 4 nitrogen and oxygen atoms in total. The summed E-state index contributed by atoms with van der Waals surface area (Å²) in [5.74, 6) is 0. The number of rotatable bonds is 8. The molecule has 1 aromatic heterocycles. The quantitative estimate of drug-likeness (QED) is 0.760. The molecule has 19 heavy (non-hydrogen) atoms. The van der Waals surface area contributed by atoms with E-state index in [1.165, 1.54) is 5.69 Å². The predicted molar refractivity (Wildman–Crippen MR) is 79.3 cm³/mol. The summed E-state index contributed by atoms with van der Waals surface area (Å²) < 4.78 is 2.06. The Morgan fingerprint density at radius 1 is 1.42 bits per heavy atom. The van der Waals surface area contributed by atoms with Gasteiger partial charge in [-0.3, -0.25) is 4.68 Å². The van der Waals surface area contributed by atoms with Crippen LogP contribution in [0.3, 0.4) is 0 Å². The predicted octanol–water partition coefficient (Wildman–Crippen LogP) is 2.42. The first-order valence-electron chi connectivity index (χ1n) is 7.32. The van der Waals surface area contributed by atoms with Crippen LogP contribution in [0.2, 0.25) is 0 Å². The lowest BCUT2D eigenvalue weighted by atomic mass is 9.90. The van der Waals surface area contributed by atoms with E-state index in [0.717, 1.165) is 31.5 Å². The summed E-state index contributed by atoms with van der Waals surface area (Å²) in [6, 6.07) is 2.49. The third kappa shape index (κ3) is 4.62. The molecule has 0 aromatic carbocycles. The summed E-state index contributed by atoms with van der Waals surface area (Å²) in [6.45, 7) is 11.6. The lowest BCUT2D eigenvalue weighted by Gasteiger charge is -2.34. The normalized spacial score (nSPS) is 14.9. The first-order chi connectivity index (χ1) is 8.92. The van der Waals surface area contributed by atoms with Gasteiger partial charge >= 0.3 is 0 Å². The van der Waals surface area contributed by atoms with Crippen molar-refractivity contribution in [3.63, 3.8) is 0 Å². The fourth-order valence-corrected chi connectivity index (χ4v) is 2.67. The fourth-order valence-electron chi connectivity index (χ4n) is 2.67. The molecule has 0 fully saturated rings. The van der Waals surface area contributed by atoms with E-state index >= 15 is 0 Å². The Balaban J connectivity index is 2.55. The van der Waals surface area contributed by atoms with Gasteiger partial charge in [0.15, 0.2) is 0 Å². The molecule has 4 heteroatoms. The van der Waals surface area contributed by atoms with E-state index in [4.69, 9.17) is 0 Å². The maximum Gasteiger partial charge on any atom is 0.0613 e. The molecule has 1 heterocycles. The van der Waals surface area contributed by atoms with Gasteiger partial charge in [-0.1, -0.05) is 20.8 Å². The van der Waals surface area contributed by atoms with Crippen molar-refractivity contribution >= 4 is 0 Å². The van der Waals surface area contributed by atoms with Crippen molar-refractivity contribution in [2.24, 2.45) is 0 Å². The molecule has 0 aliphatic heterocycles. The van der Waals surface area contributed by atoms with Crippen LogP contribution in [-0.2, 0) is 6.54 Å². The zero-order valence-electron chi connectivity index (χ0n) is 13.0. The molecular formula is C15H29N3O. The van der Waals surface area contributed by atoms with Crippen molar-refractivity contribution in [1.29, 1.82) is 0 Å². The van der Waals surface area contributed by atoms with Gasteiger partial charge in [0.2, 0.25) is 0 Å². The summed E-state index contributed by atoms with van der Waals surface area (Å²) in [5.41, 5.74) is 2.13. The van der Waals surface area contributed by atoms with Gasteiger partial charge in [0.25, 0.3) is 0 Å². The standard InChI is InChI=1S/C15H29N3O/c1-6-15(11-19,16-12(2)3)8-7-9-18-14(5)10-13(4)17-18/h10,12,16,19H,6-9,11H2,1-5H3. The van der Waals surface area contributed by atoms with E-state index in [2.05, 4.69) is 48.9 Å². The van der Waals surface area contributed by atoms with Crippen LogP contribution in [0.25, 0.3) is 0 Å². The highest BCUT2D eigenvalue weighted by molar-refractivity contribution is 5.06. The maximum absolute atomic E-state index is 9.70. The smallest absolute Gasteiger partial charge is 0.0613 e. The Bertz CT molecular complexity index is 381. The van der Waals surface area contributed by atoms with Gasteiger partial charge in [-0.15, -0.1) is 0 Å². The molecule has 1 unspecified atom stereocenters. The lowest BCUT2D eigenvalue weighted by Crippen LogP contribution is -2.51. The largest absolute Gasteiger partial charge is 0.394 e. The minimum atomic E-state index is -0.149. The second kappa shape index (κ2) is 7.06. The van der Waals surface area contributed by atoms with Crippen LogP contribution in [-0.4, -0.2) is 33.1 Å². The molecule has 0 amide bonds. The first-order valence-corrected chi connectivity index (χ1v) is 7.32. The third-order valence-corrected chi connectivity index (χ3v) is 3.70. The van der Waals surface area contributed by atoms with E-state index in [0.29, 0.717) is 6.04 Å². The summed E-state index contributed by atoms with van der Waals surface area (Å²) in [7, 11) is 0. The minimum absolute atomic E-state index is 0.149. The van der Waals surface area contributed by atoms with Gasteiger partial charge in [-0.2, -0.15) is 5.10 Å². The molecule has 0 spiro atoms. The molecule has 0 aliphatic carbocycles. The van der Waals surface area contributed by atoms with Crippen LogP contribution in [0.1, 0.15) is 51.4 Å². The van der Waals surface area contributed by atoms with Gasteiger partial charge in [-0.05, 0) is 39.2 Å². The lowest BCUT2D eigenvalue weighted by molar-refractivity contribution is 0.133. The van der Waals surface area contributed by atoms with Crippen molar-refractivity contribution in [1.82, 2.24) is 15.1 Å². The van der Waals surface area contributed by atoms with Crippen molar-refractivity contribution in [3.05, 3.63) is 17.5 Å². The molecule has 110 valence electrons. The molecule has 0 aliphatic rings. The van der Waals surface area contributed by atoms with Gasteiger partial charge in [0.1, 0.15) is 0 Å². The maximum atomic E-state index is 9.70. The summed E-state index contributed by atoms with van der Waals surface area (Å²) in [6.07, 6.45) is 2.94. The molecule has 0 saturated heterocycles. The molecule has 0 saturated carbocycles. The van der Waals surface area contributed by atoms with Crippen molar-refractivity contribution < 1.29 is 5.11 Å². The Morgan fingerprint density at radius 2 is 2.11 bits per heavy atom. The van der Waals surface area contributed by atoms with Crippen LogP contribution >= 0.6 is 0 Å². The van der Waals surface area contributed by atoms with E-state index in [9.17, 15) is 5.11 Å². The highest BCUT2D eigenvalue weighted by atomic mass is 16.3. The highest BCUT2D eigenvalue weighted by Crippen LogP contribution is 2.19. The molecule has 1 aromatic rings. The van der Waals surface area contributed by atoms with Crippen LogP contribution in [0.5, 0.6) is 0 Å². The van der Waals surface area contributed by atoms with E-state index in [-0.39, 0.29) is 12.1 Å². The van der Waals surface area contributed by atoms with Crippen molar-refractivity contribution in [3.8, 4) is 0 Å². The highest BCUT2D eigenvalue weighted by Gasteiger charge is 2.27. The Labute approximate surface area is 117 Å². The molecule has 0 bridgehead atoms. The van der Waals surface area contributed by atoms with Gasteiger partial charge in [0.05, 0.1) is 12.3 Å². The second-order valence-electron chi connectivity index (χ2n) is 5.84. The zero-order valence-corrected chi connectivity index (χ0v) is 13.0. The van der Waals surface area contributed by atoms with E-state index in [1.807, 2.05) is 6.92 Å². The number of aryl methyl sites for hydroxylation is 3. The molecule has 2 N–H and O–H groups in total. The molecule has 1 atom stereocenters. The van der Waals surface area contributed by atoms with Gasteiger partial charge < -0.3 is 10.4 Å². The van der Waals surface area contributed by atoms with Gasteiger partial charge in [0, 0.05) is 23.8 Å². The molecular weight excluding hydrogens is 238 g/mol. The van der Waals surface area contributed by atoms with E-state index < -0.39 is 0 Å². The monoisotopic (exact) mass is 267 g/mol. The summed E-state index contributed by atoms with van der Waals surface area (Å²) in [5, 5.41) is 17.7. The number of aliphatic hydroxyl groups is 1. The molecule has 1 rings (SSSR count). The van der Waals surface area contributed by atoms with Crippen LogP contribution in [0, 0.1) is 13.8 Å². The molecule has 0 radical (unpaired) electrons. The number of nitrogens with zero attached hydrogens (tertiary/aromatic N) is 2. The number of hydrogen-bond donors (Lipinski definition) is 2. The van der Waals surface area contributed by atoms with Crippen molar-refractivity contribution in [2.75, 3.05) is 6.61 Å². The zero-order chi connectivity index (χ0) is 14.5. The van der Waals surface area contributed by atoms with Crippen LogP contribution in [0.4, 0.5) is 0 Å². The number of aliphatic hydroxyl groups excluding tert-OH is 1. The SMILES string of the molecule is CCC(CO)(CCCn1nc(C)cc1C)NC(C)C. The number of aromatic nitrogens is 2. The van der Waals surface area contributed by atoms with Crippen molar-refractivity contribution in [2.45, 2.75) is 72.0 Å². The van der Waals surface area contributed by atoms with Gasteiger partial charge in [-0.25, -0.2) is 0 Å². The Hall–Kier alpha value is -0.870. The average Bonchev–Trinajstić information content (AvgIpc) is 2.66. The van der Waals surface area contributed by atoms with Crippen LogP contribution < -0.4 is 5.32 Å². The Kier molecular flexibility index (Phi) is 6.01. The second-order valence-corrected chi connectivity index (χ2v) is 5.84. The van der Waals surface area contributed by atoms with Crippen LogP contribution in [0.15, 0.2) is 6.07 Å². The summed E-state index contributed by atoms with van der Waals surface area (Å²) in [4.78, 5) is 0. The minimum Gasteiger partial charge on any atom is -0.394 e. The Morgan fingerprint density at radius 3 is 2.53 bits per heavy atom.